The van der Waals surface area contributed by atoms with Crippen molar-refractivity contribution >= 4 is 6.29 Å². The van der Waals surface area contributed by atoms with E-state index in [0.717, 1.165) is 24.2 Å². The summed E-state index contributed by atoms with van der Waals surface area (Å²) in [5.74, 6) is 2.10. The summed E-state index contributed by atoms with van der Waals surface area (Å²) in [6.07, 6.45) is 1.83. The van der Waals surface area contributed by atoms with E-state index in [2.05, 4.69) is 13.8 Å². The van der Waals surface area contributed by atoms with E-state index in [4.69, 9.17) is 4.42 Å². The molecule has 0 aliphatic rings. The second-order valence-corrected chi connectivity index (χ2v) is 3.82. The predicted octanol–water partition coefficient (Wildman–Crippen LogP) is 2.92. The van der Waals surface area contributed by atoms with Gasteiger partial charge in [-0.1, -0.05) is 13.8 Å². The number of rotatable bonds is 4. The van der Waals surface area contributed by atoms with Crippen molar-refractivity contribution in [2.45, 2.75) is 33.1 Å². The van der Waals surface area contributed by atoms with Gasteiger partial charge in [-0.25, -0.2) is 0 Å². The standard InChI is InChI=1S/C11H16O2/c1-8(2)6-10(7-12)11-5-4-9(3)13-11/h4-5,7-8,10H,6H2,1-3H3. The Kier molecular flexibility index (Phi) is 3.29. The Morgan fingerprint density at radius 1 is 1.46 bits per heavy atom. The summed E-state index contributed by atoms with van der Waals surface area (Å²) >= 11 is 0. The minimum atomic E-state index is -0.0753. The largest absolute Gasteiger partial charge is 0.466 e. The zero-order valence-corrected chi connectivity index (χ0v) is 8.41. The predicted molar refractivity (Wildman–Crippen MR) is 51.7 cm³/mol. The molecule has 2 heteroatoms. The highest BCUT2D eigenvalue weighted by Crippen LogP contribution is 2.23. The van der Waals surface area contributed by atoms with Gasteiger partial charge in [-0.05, 0) is 31.4 Å². The highest BCUT2D eigenvalue weighted by Gasteiger charge is 2.15. The number of furan rings is 1. The summed E-state index contributed by atoms with van der Waals surface area (Å²) in [7, 11) is 0. The molecular formula is C11H16O2. The molecule has 0 radical (unpaired) electrons. The Hall–Kier alpha value is -1.05. The van der Waals surface area contributed by atoms with Crippen molar-refractivity contribution in [3.63, 3.8) is 0 Å². The molecule has 2 nitrogen and oxygen atoms in total. The molecule has 1 aromatic heterocycles. The smallest absolute Gasteiger partial charge is 0.130 e. The molecule has 72 valence electrons. The van der Waals surface area contributed by atoms with Crippen molar-refractivity contribution in [2.75, 3.05) is 0 Å². The molecule has 13 heavy (non-hydrogen) atoms. The van der Waals surface area contributed by atoms with E-state index in [9.17, 15) is 4.79 Å². The van der Waals surface area contributed by atoms with Crippen molar-refractivity contribution in [1.82, 2.24) is 0 Å². The monoisotopic (exact) mass is 180 g/mol. The molecule has 0 fully saturated rings. The van der Waals surface area contributed by atoms with E-state index in [1.165, 1.54) is 0 Å². The van der Waals surface area contributed by atoms with Crippen LogP contribution in [0, 0.1) is 12.8 Å². The average molecular weight is 180 g/mol. The van der Waals surface area contributed by atoms with Crippen molar-refractivity contribution in [3.05, 3.63) is 23.7 Å². The molecule has 0 amide bonds. The first-order valence-electron chi connectivity index (χ1n) is 4.65. The molecular weight excluding hydrogens is 164 g/mol. The summed E-state index contributed by atoms with van der Waals surface area (Å²) in [6.45, 7) is 6.10. The number of aryl methyl sites for hydroxylation is 1. The van der Waals surface area contributed by atoms with Gasteiger partial charge in [-0.15, -0.1) is 0 Å². The quantitative estimate of drug-likeness (QED) is 0.667. The number of aldehydes is 1. The Morgan fingerprint density at radius 2 is 2.15 bits per heavy atom. The van der Waals surface area contributed by atoms with E-state index in [-0.39, 0.29) is 5.92 Å². The van der Waals surface area contributed by atoms with Crippen LogP contribution in [0.15, 0.2) is 16.5 Å². The maximum absolute atomic E-state index is 10.8. The van der Waals surface area contributed by atoms with Crippen molar-refractivity contribution in [2.24, 2.45) is 5.92 Å². The number of carbonyl (C=O) groups excluding carboxylic acids is 1. The van der Waals surface area contributed by atoms with E-state index in [0.29, 0.717) is 5.92 Å². The van der Waals surface area contributed by atoms with Gasteiger partial charge >= 0.3 is 0 Å². The van der Waals surface area contributed by atoms with Gasteiger partial charge in [0.1, 0.15) is 17.8 Å². The van der Waals surface area contributed by atoms with Crippen molar-refractivity contribution in [1.29, 1.82) is 0 Å². The first-order valence-corrected chi connectivity index (χ1v) is 4.65. The van der Waals surface area contributed by atoms with Crippen LogP contribution in [-0.4, -0.2) is 6.29 Å². The van der Waals surface area contributed by atoms with Gasteiger partial charge in [0.2, 0.25) is 0 Å². The fraction of sp³-hybridized carbons (Fsp3) is 0.545. The Bertz CT molecular complexity index is 273. The Labute approximate surface area is 78.9 Å². The van der Waals surface area contributed by atoms with Gasteiger partial charge in [0.15, 0.2) is 0 Å². The highest BCUT2D eigenvalue weighted by atomic mass is 16.3. The number of hydrogen-bond donors (Lipinski definition) is 0. The van der Waals surface area contributed by atoms with Crippen molar-refractivity contribution < 1.29 is 9.21 Å². The van der Waals surface area contributed by atoms with E-state index in [1.807, 2.05) is 19.1 Å². The molecule has 0 aliphatic carbocycles. The summed E-state index contributed by atoms with van der Waals surface area (Å²) in [4.78, 5) is 10.8. The minimum Gasteiger partial charge on any atom is -0.466 e. The van der Waals surface area contributed by atoms with Crippen LogP contribution in [0.3, 0.4) is 0 Å². The minimum absolute atomic E-state index is 0.0753. The lowest BCUT2D eigenvalue weighted by Gasteiger charge is -2.09. The normalized spacial score (nSPS) is 13.2. The van der Waals surface area contributed by atoms with Crippen LogP contribution in [0.25, 0.3) is 0 Å². The lowest BCUT2D eigenvalue weighted by Crippen LogP contribution is -2.02. The topological polar surface area (TPSA) is 30.2 Å². The molecule has 1 heterocycles. The van der Waals surface area contributed by atoms with Gasteiger partial charge in [-0.3, -0.25) is 0 Å². The third-order valence-electron chi connectivity index (χ3n) is 2.02. The summed E-state index contributed by atoms with van der Waals surface area (Å²) in [5, 5.41) is 0. The third-order valence-corrected chi connectivity index (χ3v) is 2.02. The van der Waals surface area contributed by atoms with Crippen LogP contribution in [0.4, 0.5) is 0 Å². The summed E-state index contributed by atoms with van der Waals surface area (Å²) in [5.41, 5.74) is 0. The maximum atomic E-state index is 10.8. The molecule has 1 unspecified atom stereocenters. The van der Waals surface area contributed by atoms with E-state index in [1.54, 1.807) is 0 Å². The maximum Gasteiger partial charge on any atom is 0.130 e. The first kappa shape index (κ1) is 10.0. The van der Waals surface area contributed by atoms with Gasteiger partial charge in [0, 0.05) is 0 Å². The van der Waals surface area contributed by atoms with Crippen LogP contribution < -0.4 is 0 Å². The van der Waals surface area contributed by atoms with E-state index < -0.39 is 0 Å². The van der Waals surface area contributed by atoms with Crippen molar-refractivity contribution in [3.8, 4) is 0 Å². The SMILES string of the molecule is Cc1ccc(C(C=O)CC(C)C)o1. The second-order valence-electron chi connectivity index (χ2n) is 3.82. The summed E-state index contributed by atoms with van der Waals surface area (Å²) < 4.78 is 5.41. The molecule has 0 bridgehead atoms. The van der Waals surface area contributed by atoms with Gasteiger partial charge in [-0.2, -0.15) is 0 Å². The van der Waals surface area contributed by atoms with Gasteiger partial charge < -0.3 is 9.21 Å². The van der Waals surface area contributed by atoms with Crippen LogP contribution >= 0.6 is 0 Å². The van der Waals surface area contributed by atoms with Crippen LogP contribution in [-0.2, 0) is 4.79 Å². The van der Waals surface area contributed by atoms with Crippen LogP contribution in [0.5, 0.6) is 0 Å². The molecule has 1 rings (SSSR count). The zero-order chi connectivity index (χ0) is 9.84. The molecule has 0 spiro atoms. The molecule has 1 aromatic rings. The van der Waals surface area contributed by atoms with Gasteiger partial charge in [0.05, 0.1) is 5.92 Å². The lowest BCUT2D eigenvalue weighted by molar-refractivity contribution is -0.109. The molecule has 0 saturated carbocycles. The van der Waals surface area contributed by atoms with Gasteiger partial charge in [0.25, 0.3) is 0 Å². The number of hydrogen-bond acceptors (Lipinski definition) is 2. The first-order chi connectivity index (χ1) is 6.13. The molecule has 0 aliphatic heterocycles. The highest BCUT2D eigenvalue weighted by molar-refractivity contribution is 5.60. The number of carbonyl (C=O) groups is 1. The lowest BCUT2D eigenvalue weighted by atomic mass is 9.96. The fourth-order valence-corrected chi connectivity index (χ4v) is 1.40. The van der Waals surface area contributed by atoms with E-state index >= 15 is 0 Å². The zero-order valence-electron chi connectivity index (χ0n) is 8.41. The summed E-state index contributed by atoms with van der Waals surface area (Å²) in [6, 6.07) is 3.78. The third kappa shape index (κ3) is 2.72. The average Bonchev–Trinajstić information content (AvgIpc) is 2.47. The molecule has 1 atom stereocenters. The molecule has 0 saturated heterocycles. The Morgan fingerprint density at radius 3 is 2.54 bits per heavy atom. The molecule has 0 aromatic carbocycles. The van der Waals surface area contributed by atoms with Crippen LogP contribution in [0.2, 0.25) is 0 Å². The Balaban J connectivity index is 2.72. The fourth-order valence-electron chi connectivity index (χ4n) is 1.40. The second kappa shape index (κ2) is 4.26. The van der Waals surface area contributed by atoms with Crippen LogP contribution in [0.1, 0.15) is 37.7 Å². The molecule has 0 N–H and O–H groups in total.